The molecule has 4 rings (SSSR count). The Kier molecular flexibility index (Phi) is 6.57. The molecule has 3 N–H and O–H groups in total. The first-order valence-corrected chi connectivity index (χ1v) is 11.7. The maximum absolute atomic E-state index is 12.7. The lowest BCUT2D eigenvalue weighted by Gasteiger charge is -2.10. The van der Waals surface area contributed by atoms with Crippen LogP contribution in [0, 0.1) is 10.1 Å². The van der Waals surface area contributed by atoms with Gasteiger partial charge >= 0.3 is 5.69 Å². The van der Waals surface area contributed by atoms with Gasteiger partial charge in [-0.05, 0) is 24.3 Å². The van der Waals surface area contributed by atoms with Crippen LogP contribution in [-0.4, -0.2) is 35.6 Å². The summed E-state index contributed by atoms with van der Waals surface area (Å²) in [5.41, 5.74) is 1.55. The standard InChI is InChI=1S/C23H19N5O6S/c24-35(32,33)18-11-12-21(20(13-18)28(30)31)34-15-23(29)25-22-14-19(16-7-3-1-4-8-16)26-27(22)17-9-5-2-6-10-17/h1-14H,15H2,(H,25,29)(H2,24,32,33). The normalized spacial score (nSPS) is 11.1. The number of sulfonamides is 1. The third-order valence-electron chi connectivity index (χ3n) is 4.86. The second kappa shape index (κ2) is 9.75. The van der Waals surface area contributed by atoms with Crippen molar-refractivity contribution < 1.29 is 22.9 Å². The third kappa shape index (κ3) is 5.51. The number of hydrogen-bond donors (Lipinski definition) is 2. The maximum atomic E-state index is 12.7. The number of anilines is 1. The topological polar surface area (TPSA) is 159 Å². The molecule has 0 aliphatic heterocycles. The highest BCUT2D eigenvalue weighted by Crippen LogP contribution is 2.29. The van der Waals surface area contributed by atoms with E-state index in [-0.39, 0.29) is 5.75 Å². The molecule has 3 aromatic carbocycles. The SMILES string of the molecule is NS(=O)(=O)c1ccc(OCC(=O)Nc2cc(-c3ccccc3)nn2-c2ccccc2)c([N+](=O)[O-])c1. The second-order valence-corrected chi connectivity index (χ2v) is 8.86. The van der Waals surface area contributed by atoms with Gasteiger partial charge in [0.2, 0.25) is 10.0 Å². The van der Waals surface area contributed by atoms with Crippen molar-refractivity contribution >= 4 is 27.4 Å². The van der Waals surface area contributed by atoms with Gasteiger partial charge in [-0.2, -0.15) is 5.10 Å². The number of nitrogens with zero attached hydrogens (tertiary/aromatic N) is 3. The van der Waals surface area contributed by atoms with Crippen LogP contribution in [0.5, 0.6) is 5.75 Å². The molecule has 1 aromatic heterocycles. The molecule has 11 nitrogen and oxygen atoms in total. The Morgan fingerprint density at radius 2 is 1.69 bits per heavy atom. The summed E-state index contributed by atoms with van der Waals surface area (Å²) in [6, 6.07) is 23.2. The van der Waals surface area contributed by atoms with Crippen LogP contribution in [-0.2, 0) is 14.8 Å². The Balaban J connectivity index is 1.57. The number of ether oxygens (including phenoxy) is 1. The number of amides is 1. The van der Waals surface area contributed by atoms with Crippen molar-refractivity contribution in [3.63, 3.8) is 0 Å². The fraction of sp³-hybridized carbons (Fsp3) is 0.0435. The molecule has 0 unspecified atom stereocenters. The van der Waals surface area contributed by atoms with Gasteiger partial charge in [-0.15, -0.1) is 0 Å². The van der Waals surface area contributed by atoms with E-state index in [4.69, 9.17) is 9.88 Å². The summed E-state index contributed by atoms with van der Waals surface area (Å²) in [6.07, 6.45) is 0. The fourth-order valence-electron chi connectivity index (χ4n) is 3.25. The van der Waals surface area contributed by atoms with E-state index in [0.717, 1.165) is 23.8 Å². The molecule has 1 amide bonds. The van der Waals surface area contributed by atoms with Crippen LogP contribution >= 0.6 is 0 Å². The summed E-state index contributed by atoms with van der Waals surface area (Å²) in [5, 5.41) is 23.7. The lowest BCUT2D eigenvalue weighted by Crippen LogP contribution is -2.22. The number of aromatic nitrogens is 2. The zero-order chi connectivity index (χ0) is 25.0. The number of primary sulfonamides is 1. The Hall–Kier alpha value is -4.55. The van der Waals surface area contributed by atoms with Crippen molar-refractivity contribution in [2.45, 2.75) is 4.90 Å². The largest absolute Gasteiger partial charge is 0.477 e. The minimum atomic E-state index is -4.15. The van der Waals surface area contributed by atoms with E-state index in [9.17, 15) is 23.3 Å². The zero-order valence-electron chi connectivity index (χ0n) is 18.1. The molecule has 0 bridgehead atoms. The monoisotopic (exact) mass is 493 g/mol. The Morgan fingerprint density at radius 1 is 1.03 bits per heavy atom. The molecule has 0 spiro atoms. The summed E-state index contributed by atoms with van der Waals surface area (Å²) in [4.78, 5) is 22.7. The number of carbonyl (C=O) groups excluding carboxylic acids is 1. The van der Waals surface area contributed by atoms with E-state index in [1.54, 1.807) is 10.7 Å². The Bertz CT molecular complexity index is 1490. The minimum Gasteiger partial charge on any atom is -0.477 e. The third-order valence-corrected chi connectivity index (χ3v) is 5.77. The van der Waals surface area contributed by atoms with Crippen LogP contribution in [0.25, 0.3) is 16.9 Å². The van der Waals surface area contributed by atoms with Crippen LogP contribution in [0.4, 0.5) is 11.5 Å². The Labute approximate surface area is 200 Å². The quantitative estimate of drug-likeness (QED) is 0.282. The molecule has 1 heterocycles. The molecule has 4 aromatic rings. The van der Waals surface area contributed by atoms with Crippen LogP contribution in [0.1, 0.15) is 0 Å². The molecule has 0 atom stereocenters. The summed E-state index contributed by atoms with van der Waals surface area (Å²) >= 11 is 0. The summed E-state index contributed by atoms with van der Waals surface area (Å²) in [5.74, 6) is -0.520. The van der Waals surface area contributed by atoms with E-state index in [1.807, 2.05) is 60.7 Å². The first-order valence-electron chi connectivity index (χ1n) is 10.2. The molecular formula is C23H19N5O6S. The van der Waals surface area contributed by atoms with E-state index in [2.05, 4.69) is 10.4 Å². The average molecular weight is 494 g/mol. The van der Waals surface area contributed by atoms with Crippen LogP contribution < -0.4 is 15.2 Å². The van der Waals surface area contributed by atoms with Gasteiger partial charge in [-0.3, -0.25) is 14.9 Å². The molecule has 0 aliphatic carbocycles. The predicted molar refractivity (Wildman–Crippen MR) is 128 cm³/mol. The average Bonchev–Trinajstić information content (AvgIpc) is 3.26. The summed E-state index contributed by atoms with van der Waals surface area (Å²) < 4.78 is 29.8. The van der Waals surface area contributed by atoms with Gasteiger partial charge < -0.3 is 10.1 Å². The first kappa shape index (κ1) is 23.6. The molecule has 0 aliphatic rings. The molecule has 178 valence electrons. The van der Waals surface area contributed by atoms with Crippen molar-refractivity contribution in [1.29, 1.82) is 0 Å². The minimum absolute atomic E-state index is 0.279. The smallest absolute Gasteiger partial charge is 0.312 e. The number of nitro benzene ring substituents is 1. The maximum Gasteiger partial charge on any atom is 0.312 e. The number of benzene rings is 3. The molecule has 12 heteroatoms. The number of nitrogens with one attached hydrogen (secondary N) is 1. The molecule has 0 saturated heterocycles. The molecule has 0 radical (unpaired) electrons. The van der Waals surface area contributed by atoms with Gasteiger partial charge in [-0.1, -0.05) is 48.5 Å². The van der Waals surface area contributed by atoms with Crippen LogP contribution in [0.2, 0.25) is 0 Å². The Morgan fingerprint density at radius 3 is 2.31 bits per heavy atom. The summed E-state index contributed by atoms with van der Waals surface area (Å²) in [7, 11) is -4.15. The number of hydrogen-bond acceptors (Lipinski definition) is 7. The highest BCUT2D eigenvalue weighted by molar-refractivity contribution is 7.89. The van der Waals surface area contributed by atoms with E-state index in [1.165, 1.54) is 0 Å². The van der Waals surface area contributed by atoms with Gasteiger partial charge in [0, 0.05) is 17.7 Å². The van der Waals surface area contributed by atoms with E-state index >= 15 is 0 Å². The van der Waals surface area contributed by atoms with Gasteiger partial charge in [-0.25, -0.2) is 18.2 Å². The highest BCUT2D eigenvalue weighted by Gasteiger charge is 2.21. The lowest BCUT2D eigenvalue weighted by molar-refractivity contribution is -0.386. The number of rotatable bonds is 8. The van der Waals surface area contributed by atoms with E-state index in [0.29, 0.717) is 17.2 Å². The zero-order valence-corrected chi connectivity index (χ0v) is 18.9. The summed E-state index contributed by atoms with van der Waals surface area (Å²) in [6.45, 7) is -0.573. The predicted octanol–water partition coefficient (Wildman–Crippen LogP) is 3.11. The van der Waals surface area contributed by atoms with Gasteiger partial charge in [0.1, 0.15) is 5.82 Å². The lowest BCUT2D eigenvalue weighted by atomic mass is 10.2. The first-order chi connectivity index (χ1) is 16.7. The molecule has 0 fully saturated rings. The van der Waals surface area contributed by atoms with Crippen molar-refractivity contribution in [3.05, 3.63) is 95.0 Å². The van der Waals surface area contributed by atoms with Crippen molar-refractivity contribution in [1.82, 2.24) is 9.78 Å². The van der Waals surface area contributed by atoms with Gasteiger partial charge in [0.05, 0.1) is 21.2 Å². The number of para-hydroxylation sites is 1. The molecule has 35 heavy (non-hydrogen) atoms. The number of carbonyl (C=O) groups is 1. The molecular weight excluding hydrogens is 474 g/mol. The number of nitrogens with two attached hydrogens (primary N) is 1. The number of nitro groups is 1. The van der Waals surface area contributed by atoms with Crippen molar-refractivity contribution in [2.75, 3.05) is 11.9 Å². The van der Waals surface area contributed by atoms with Gasteiger partial charge in [0.15, 0.2) is 12.4 Å². The second-order valence-electron chi connectivity index (χ2n) is 7.30. The van der Waals surface area contributed by atoms with Crippen LogP contribution in [0.15, 0.2) is 89.8 Å². The van der Waals surface area contributed by atoms with Crippen molar-refractivity contribution in [3.8, 4) is 22.7 Å². The molecule has 0 saturated carbocycles. The van der Waals surface area contributed by atoms with Crippen LogP contribution in [0.3, 0.4) is 0 Å². The fourth-order valence-corrected chi connectivity index (χ4v) is 3.78. The highest BCUT2D eigenvalue weighted by atomic mass is 32.2. The van der Waals surface area contributed by atoms with Crippen molar-refractivity contribution in [2.24, 2.45) is 5.14 Å². The van der Waals surface area contributed by atoms with Gasteiger partial charge in [0.25, 0.3) is 5.91 Å². The van der Waals surface area contributed by atoms with E-state index < -0.39 is 38.0 Å².